The van der Waals surface area contributed by atoms with Gasteiger partial charge in [0.25, 0.3) is 0 Å². The van der Waals surface area contributed by atoms with Gasteiger partial charge < -0.3 is 9.84 Å². The third-order valence-electron chi connectivity index (χ3n) is 2.88. The molecule has 20 heavy (non-hydrogen) atoms. The minimum atomic E-state index is -0.479. The number of esters is 1. The topological polar surface area (TPSA) is 59.4 Å². The number of phenols is 1. The molecule has 1 N–H and O–H groups in total. The van der Waals surface area contributed by atoms with Gasteiger partial charge in [-0.1, -0.05) is 30.3 Å². The van der Waals surface area contributed by atoms with Crippen molar-refractivity contribution in [3.05, 3.63) is 66.2 Å². The molecule has 0 fully saturated rings. The number of pyridine rings is 1. The largest absolute Gasteiger partial charge is 0.506 e. The van der Waals surface area contributed by atoms with Crippen LogP contribution in [0.4, 0.5) is 0 Å². The molecule has 4 nitrogen and oxygen atoms in total. The first-order chi connectivity index (χ1) is 9.74. The summed E-state index contributed by atoms with van der Waals surface area (Å²) in [6, 6.07) is 17.1. The predicted molar refractivity (Wildman–Crippen MR) is 74.8 cm³/mol. The Morgan fingerprint density at radius 2 is 1.75 bits per heavy atom. The van der Waals surface area contributed by atoms with E-state index in [2.05, 4.69) is 4.98 Å². The van der Waals surface area contributed by atoms with Crippen LogP contribution in [0.2, 0.25) is 0 Å². The van der Waals surface area contributed by atoms with Crippen molar-refractivity contribution >= 4 is 16.9 Å². The summed E-state index contributed by atoms with van der Waals surface area (Å²) in [6.07, 6.45) is 0. The van der Waals surface area contributed by atoms with Crippen molar-refractivity contribution in [2.75, 3.05) is 0 Å². The molecule has 0 radical (unpaired) electrons. The number of rotatable bonds is 2. The van der Waals surface area contributed by atoms with Crippen molar-refractivity contribution in [1.82, 2.24) is 4.98 Å². The van der Waals surface area contributed by atoms with Gasteiger partial charge in [-0.2, -0.15) is 0 Å². The van der Waals surface area contributed by atoms with Gasteiger partial charge >= 0.3 is 5.97 Å². The van der Waals surface area contributed by atoms with E-state index in [1.165, 1.54) is 6.07 Å². The number of hydrogen-bond donors (Lipinski definition) is 1. The third-order valence-corrected chi connectivity index (χ3v) is 2.88. The fourth-order valence-electron chi connectivity index (χ4n) is 1.90. The first-order valence-corrected chi connectivity index (χ1v) is 6.10. The van der Waals surface area contributed by atoms with Gasteiger partial charge in [0.1, 0.15) is 11.3 Å². The summed E-state index contributed by atoms with van der Waals surface area (Å²) in [5, 5.41) is 10.5. The van der Waals surface area contributed by atoms with Gasteiger partial charge in [-0.3, -0.25) is 0 Å². The summed E-state index contributed by atoms with van der Waals surface area (Å²) in [5.41, 5.74) is 0.859. The smallest absolute Gasteiger partial charge is 0.344 e. The van der Waals surface area contributed by atoms with Crippen molar-refractivity contribution in [1.29, 1.82) is 0 Å². The quantitative estimate of drug-likeness (QED) is 0.723. The second-order valence-corrected chi connectivity index (χ2v) is 4.25. The second-order valence-electron chi connectivity index (χ2n) is 4.25. The first kappa shape index (κ1) is 12.2. The SMILES string of the molecule is O=C(Oc1ccc2cccc(O)c2n1)c1ccccc1. The van der Waals surface area contributed by atoms with Gasteiger partial charge in [0.05, 0.1) is 5.56 Å². The summed E-state index contributed by atoms with van der Waals surface area (Å²) in [7, 11) is 0. The lowest BCUT2D eigenvalue weighted by molar-refractivity contribution is 0.0728. The second kappa shape index (κ2) is 5.01. The Kier molecular flexibility index (Phi) is 3.05. The van der Waals surface area contributed by atoms with Crippen LogP contribution in [-0.4, -0.2) is 16.1 Å². The zero-order valence-electron chi connectivity index (χ0n) is 10.5. The molecule has 98 valence electrons. The van der Waals surface area contributed by atoms with Crippen molar-refractivity contribution in [3.8, 4) is 11.6 Å². The van der Waals surface area contributed by atoms with E-state index >= 15 is 0 Å². The highest BCUT2D eigenvalue weighted by Crippen LogP contribution is 2.24. The van der Waals surface area contributed by atoms with Crippen LogP contribution < -0.4 is 4.74 Å². The number of carbonyl (C=O) groups is 1. The fourth-order valence-corrected chi connectivity index (χ4v) is 1.90. The summed E-state index contributed by atoms with van der Waals surface area (Å²) < 4.78 is 5.20. The van der Waals surface area contributed by atoms with Crippen LogP contribution in [0.5, 0.6) is 11.6 Å². The van der Waals surface area contributed by atoms with E-state index < -0.39 is 5.97 Å². The Morgan fingerprint density at radius 3 is 2.55 bits per heavy atom. The molecule has 0 amide bonds. The van der Waals surface area contributed by atoms with Crippen molar-refractivity contribution in [2.45, 2.75) is 0 Å². The summed E-state index contributed by atoms with van der Waals surface area (Å²) >= 11 is 0. The van der Waals surface area contributed by atoms with Crippen LogP contribution in [0, 0.1) is 0 Å². The number of hydrogen-bond acceptors (Lipinski definition) is 4. The van der Waals surface area contributed by atoms with Crippen LogP contribution in [0.1, 0.15) is 10.4 Å². The van der Waals surface area contributed by atoms with Crippen LogP contribution >= 0.6 is 0 Å². The number of aromatic hydroxyl groups is 1. The summed E-state index contributed by atoms with van der Waals surface area (Å²) in [6.45, 7) is 0. The standard InChI is InChI=1S/C16H11NO3/c18-13-8-4-7-11-9-10-14(17-15(11)13)20-16(19)12-5-2-1-3-6-12/h1-10,18H. The Bertz CT molecular complexity index is 769. The Hall–Kier alpha value is -2.88. The average molecular weight is 265 g/mol. The highest BCUT2D eigenvalue weighted by atomic mass is 16.5. The van der Waals surface area contributed by atoms with Gasteiger partial charge in [-0.05, 0) is 24.3 Å². The number of carbonyl (C=O) groups excluding carboxylic acids is 1. The predicted octanol–water partition coefficient (Wildman–Crippen LogP) is 3.16. The van der Waals surface area contributed by atoms with Crippen LogP contribution in [0.3, 0.4) is 0 Å². The lowest BCUT2D eigenvalue weighted by Gasteiger charge is -2.05. The molecule has 0 aliphatic rings. The number of nitrogens with zero attached hydrogens (tertiary/aromatic N) is 1. The minimum Gasteiger partial charge on any atom is -0.506 e. The molecule has 2 aromatic carbocycles. The summed E-state index contributed by atoms with van der Waals surface area (Å²) in [5.74, 6) is -0.263. The molecule has 0 unspecified atom stereocenters. The Morgan fingerprint density at radius 1 is 0.950 bits per heavy atom. The molecule has 1 heterocycles. The molecule has 0 spiro atoms. The lowest BCUT2D eigenvalue weighted by atomic mass is 10.2. The van der Waals surface area contributed by atoms with E-state index in [0.29, 0.717) is 11.1 Å². The van der Waals surface area contributed by atoms with Gasteiger partial charge in [0.2, 0.25) is 5.88 Å². The van der Waals surface area contributed by atoms with Crippen LogP contribution in [-0.2, 0) is 0 Å². The molecule has 4 heteroatoms. The monoisotopic (exact) mass is 265 g/mol. The third kappa shape index (κ3) is 2.31. The number of para-hydroxylation sites is 1. The molecular formula is C16H11NO3. The van der Waals surface area contributed by atoms with E-state index in [0.717, 1.165) is 5.39 Å². The van der Waals surface area contributed by atoms with Crippen molar-refractivity contribution in [3.63, 3.8) is 0 Å². The molecule has 0 saturated carbocycles. The fraction of sp³-hybridized carbons (Fsp3) is 0. The molecule has 0 saturated heterocycles. The number of fused-ring (bicyclic) bond motifs is 1. The molecule has 0 bridgehead atoms. The van der Waals surface area contributed by atoms with Crippen molar-refractivity contribution < 1.29 is 14.6 Å². The van der Waals surface area contributed by atoms with Gasteiger partial charge in [0.15, 0.2) is 0 Å². The van der Waals surface area contributed by atoms with Crippen LogP contribution in [0.15, 0.2) is 60.7 Å². The zero-order valence-corrected chi connectivity index (χ0v) is 10.5. The number of benzene rings is 2. The molecule has 3 rings (SSSR count). The van der Waals surface area contributed by atoms with Gasteiger partial charge in [-0.15, -0.1) is 0 Å². The zero-order chi connectivity index (χ0) is 13.9. The molecular weight excluding hydrogens is 254 g/mol. The molecule has 0 atom stereocenters. The first-order valence-electron chi connectivity index (χ1n) is 6.10. The highest BCUT2D eigenvalue weighted by Gasteiger charge is 2.10. The number of aromatic nitrogens is 1. The molecule has 1 aromatic heterocycles. The van der Waals surface area contributed by atoms with E-state index in [1.807, 2.05) is 12.1 Å². The van der Waals surface area contributed by atoms with Gasteiger partial charge in [0, 0.05) is 11.5 Å². The normalized spacial score (nSPS) is 10.4. The lowest BCUT2D eigenvalue weighted by Crippen LogP contribution is -2.09. The molecule has 0 aliphatic heterocycles. The maximum Gasteiger partial charge on any atom is 0.344 e. The van der Waals surface area contributed by atoms with Gasteiger partial charge in [-0.25, -0.2) is 9.78 Å². The number of phenolic OH excluding ortho intramolecular Hbond substituents is 1. The van der Waals surface area contributed by atoms with E-state index in [4.69, 9.17) is 4.74 Å². The average Bonchev–Trinajstić information content (AvgIpc) is 2.49. The van der Waals surface area contributed by atoms with E-state index in [1.54, 1.807) is 42.5 Å². The Balaban J connectivity index is 1.92. The minimum absolute atomic E-state index is 0.0557. The molecule has 3 aromatic rings. The van der Waals surface area contributed by atoms with Crippen LogP contribution in [0.25, 0.3) is 10.9 Å². The highest BCUT2D eigenvalue weighted by molar-refractivity contribution is 5.91. The van der Waals surface area contributed by atoms with Crippen molar-refractivity contribution in [2.24, 2.45) is 0 Å². The number of ether oxygens (including phenoxy) is 1. The summed E-state index contributed by atoms with van der Waals surface area (Å²) in [4.78, 5) is 16.1. The van der Waals surface area contributed by atoms with E-state index in [9.17, 15) is 9.90 Å². The maximum atomic E-state index is 11.9. The Labute approximate surface area is 115 Å². The maximum absolute atomic E-state index is 11.9. The molecule has 0 aliphatic carbocycles. The van der Waals surface area contributed by atoms with E-state index in [-0.39, 0.29) is 11.6 Å².